The van der Waals surface area contributed by atoms with Crippen LogP contribution in [0.15, 0.2) is 15.5 Å². The summed E-state index contributed by atoms with van der Waals surface area (Å²) in [5, 5.41) is 7.27. The molecule has 0 spiro atoms. The lowest BCUT2D eigenvalue weighted by Crippen LogP contribution is -2.27. The fourth-order valence-electron chi connectivity index (χ4n) is 2.01. The van der Waals surface area contributed by atoms with Crippen molar-refractivity contribution < 1.29 is 4.74 Å². The van der Waals surface area contributed by atoms with E-state index >= 15 is 0 Å². The van der Waals surface area contributed by atoms with Crippen molar-refractivity contribution in [3.63, 3.8) is 0 Å². The highest BCUT2D eigenvalue weighted by Gasteiger charge is 2.15. The van der Waals surface area contributed by atoms with E-state index in [9.17, 15) is 4.79 Å². The van der Waals surface area contributed by atoms with Crippen LogP contribution in [0.5, 0.6) is 0 Å². The lowest BCUT2D eigenvalue weighted by Gasteiger charge is -2.22. The summed E-state index contributed by atoms with van der Waals surface area (Å²) in [5.41, 5.74) is 0.478. The van der Waals surface area contributed by atoms with E-state index in [2.05, 4.69) is 32.3 Å². The Morgan fingerprint density at radius 3 is 3.21 bits per heavy atom. The van der Waals surface area contributed by atoms with Gasteiger partial charge in [-0.25, -0.2) is 4.68 Å². The molecule has 1 fully saturated rings. The van der Waals surface area contributed by atoms with Gasteiger partial charge in [-0.2, -0.15) is 5.10 Å². The number of nitrogens with zero attached hydrogens (tertiary/aromatic N) is 2. The van der Waals surface area contributed by atoms with E-state index in [1.807, 2.05) is 0 Å². The predicted molar refractivity (Wildman–Crippen MR) is 77.1 cm³/mol. The molecule has 6 heteroatoms. The average Bonchev–Trinajstić information content (AvgIpc) is 2.44. The maximum atomic E-state index is 11.9. The summed E-state index contributed by atoms with van der Waals surface area (Å²) in [6, 6.07) is 0. The highest BCUT2D eigenvalue weighted by atomic mass is 79.9. The van der Waals surface area contributed by atoms with Gasteiger partial charge in [-0.15, -0.1) is 6.42 Å². The standard InChI is InChI=1S/C13H16BrN3O2/c1-2-5-17-13(18)12(14)11(8-16-17)15-7-10-4-3-6-19-9-10/h1,8,10,15H,3-7,9H2. The molecule has 0 bridgehead atoms. The molecule has 19 heavy (non-hydrogen) atoms. The zero-order chi connectivity index (χ0) is 13.7. The maximum absolute atomic E-state index is 11.9. The fraction of sp³-hybridized carbons (Fsp3) is 0.538. The molecule has 5 nitrogen and oxygen atoms in total. The molecule has 2 heterocycles. The molecule has 0 aliphatic carbocycles. The summed E-state index contributed by atoms with van der Waals surface area (Å²) in [5.74, 6) is 2.88. The Hall–Kier alpha value is -1.32. The topological polar surface area (TPSA) is 56.1 Å². The Morgan fingerprint density at radius 2 is 2.53 bits per heavy atom. The van der Waals surface area contributed by atoms with Crippen molar-refractivity contribution in [1.29, 1.82) is 0 Å². The second-order valence-electron chi connectivity index (χ2n) is 4.50. The van der Waals surface area contributed by atoms with Crippen molar-refractivity contribution in [2.24, 2.45) is 5.92 Å². The van der Waals surface area contributed by atoms with Crippen molar-refractivity contribution in [2.45, 2.75) is 19.4 Å². The van der Waals surface area contributed by atoms with Gasteiger partial charge < -0.3 is 10.1 Å². The van der Waals surface area contributed by atoms with E-state index in [4.69, 9.17) is 11.2 Å². The van der Waals surface area contributed by atoms with Crippen LogP contribution in [0, 0.1) is 18.3 Å². The summed E-state index contributed by atoms with van der Waals surface area (Å²) in [6.07, 6.45) is 9.03. The van der Waals surface area contributed by atoms with Crippen LogP contribution in [0.1, 0.15) is 12.8 Å². The highest BCUT2D eigenvalue weighted by molar-refractivity contribution is 9.10. The number of ether oxygens (including phenoxy) is 1. The van der Waals surface area contributed by atoms with Gasteiger partial charge in [0.05, 0.1) is 18.5 Å². The Kier molecular flexibility index (Phi) is 5.00. The van der Waals surface area contributed by atoms with Gasteiger partial charge in [0, 0.05) is 13.2 Å². The molecular weight excluding hydrogens is 310 g/mol. The van der Waals surface area contributed by atoms with E-state index in [1.165, 1.54) is 4.68 Å². The van der Waals surface area contributed by atoms with Crippen molar-refractivity contribution in [1.82, 2.24) is 9.78 Å². The number of hydrogen-bond acceptors (Lipinski definition) is 4. The van der Waals surface area contributed by atoms with Gasteiger partial charge in [0.1, 0.15) is 11.0 Å². The summed E-state index contributed by atoms with van der Waals surface area (Å²) in [6.45, 7) is 2.57. The summed E-state index contributed by atoms with van der Waals surface area (Å²) < 4.78 is 7.14. The first-order chi connectivity index (χ1) is 9.22. The van der Waals surface area contributed by atoms with E-state index < -0.39 is 0 Å². The van der Waals surface area contributed by atoms with Gasteiger partial charge in [0.25, 0.3) is 5.56 Å². The first-order valence-corrected chi connectivity index (χ1v) is 7.02. The third-order valence-corrected chi connectivity index (χ3v) is 3.83. The second kappa shape index (κ2) is 6.73. The monoisotopic (exact) mass is 325 g/mol. The number of terminal acetylenes is 1. The molecule has 1 aromatic rings. The van der Waals surface area contributed by atoms with E-state index in [0.29, 0.717) is 16.1 Å². The number of rotatable bonds is 4. The van der Waals surface area contributed by atoms with Crippen LogP contribution < -0.4 is 10.9 Å². The minimum Gasteiger partial charge on any atom is -0.382 e. The Balaban J connectivity index is 2.02. The molecule has 102 valence electrons. The minimum absolute atomic E-state index is 0.175. The number of aromatic nitrogens is 2. The lowest BCUT2D eigenvalue weighted by atomic mass is 10.0. The van der Waals surface area contributed by atoms with E-state index in [1.54, 1.807) is 6.20 Å². The average molecular weight is 326 g/mol. The Morgan fingerprint density at radius 1 is 1.68 bits per heavy atom. The predicted octanol–water partition coefficient (Wildman–Crippen LogP) is 1.48. The SMILES string of the molecule is C#CCn1ncc(NCC2CCCOC2)c(Br)c1=O. The molecular formula is C13H16BrN3O2. The van der Waals surface area contributed by atoms with Gasteiger partial charge in [-0.1, -0.05) is 5.92 Å². The molecule has 0 radical (unpaired) electrons. The number of halogens is 1. The Bertz CT molecular complexity index is 530. The van der Waals surface area contributed by atoms with Crippen LogP contribution in [0.3, 0.4) is 0 Å². The maximum Gasteiger partial charge on any atom is 0.284 e. The summed E-state index contributed by atoms with van der Waals surface area (Å²) in [7, 11) is 0. The molecule has 1 N–H and O–H groups in total. The van der Waals surface area contributed by atoms with Gasteiger partial charge in [0.2, 0.25) is 0 Å². The zero-order valence-corrected chi connectivity index (χ0v) is 12.1. The molecule has 0 aromatic carbocycles. The van der Waals surface area contributed by atoms with Crippen LogP contribution in [0.2, 0.25) is 0 Å². The van der Waals surface area contributed by atoms with Crippen LogP contribution >= 0.6 is 15.9 Å². The van der Waals surface area contributed by atoms with Crippen molar-refractivity contribution >= 4 is 21.6 Å². The summed E-state index contributed by atoms with van der Waals surface area (Å²) in [4.78, 5) is 11.9. The van der Waals surface area contributed by atoms with Crippen molar-refractivity contribution in [2.75, 3.05) is 25.1 Å². The van der Waals surface area contributed by atoms with Gasteiger partial charge in [-0.05, 0) is 34.7 Å². The highest BCUT2D eigenvalue weighted by Crippen LogP contribution is 2.19. The normalized spacial score (nSPS) is 18.8. The van der Waals surface area contributed by atoms with Gasteiger partial charge >= 0.3 is 0 Å². The molecule has 1 saturated heterocycles. The van der Waals surface area contributed by atoms with Crippen LogP contribution in [-0.4, -0.2) is 29.5 Å². The molecule has 1 aromatic heterocycles. The van der Waals surface area contributed by atoms with E-state index in [-0.39, 0.29) is 12.1 Å². The first-order valence-electron chi connectivity index (χ1n) is 6.23. The molecule has 0 saturated carbocycles. The number of nitrogens with one attached hydrogen (secondary N) is 1. The van der Waals surface area contributed by atoms with E-state index in [0.717, 1.165) is 32.6 Å². The molecule has 1 atom stereocenters. The molecule has 0 amide bonds. The molecule has 1 unspecified atom stereocenters. The second-order valence-corrected chi connectivity index (χ2v) is 5.30. The molecule has 1 aliphatic heterocycles. The quantitative estimate of drug-likeness (QED) is 0.852. The van der Waals surface area contributed by atoms with Crippen LogP contribution in [-0.2, 0) is 11.3 Å². The first kappa shape index (κ1) is 14.1. The van der Waals surface area contributed by atoms with Crippen molar-refractivity contribution in [3.8, 4) is 12.3 Å². The van der Waals surface area contributed by atoms with Gasteiger partial charge in [0.15, 0.2) is 0 Å². The Labute approximate surface area is 120 Å². The largest absolute Gasteiger partial charge is 0.382 e. The number of hydrogen-bond donors (Lipinski definition) is 1. The smallest absolute Gasteiger partial charge is 0.284 e. The van der Waals surface area contributed by atoms with Gasteiger partial charge in [-0.3, -0.25) is 4.79 Å². The molecule has 2 rings (SSSR count). The fourth-order valence-corrected chi connectivity index (χ4v) is 2.46. The number of anilines is 1. The lowest BCUT2D eigenvalue weighted by molar-refractivity contribution is 0.0595. The van der Waals surface area contributed by atoms with Crippen molar-refractivity contribution in [3.05, 3.63) is 21.0 Å². The third-order valence-electron chi connectivity index (χ3n) is 3.06. The van der Waals surface area contributed by atoms with Crippen LogP contribution in [0.4, 0.5) is 5.69 Å². The zero-order valence-electron chi connectivity index (χ0n) is 10.6. The third kappa shape index (κ3) is 3.58. The minimum atomic E-state index is -0.220. The van der Waals surface area contributed by atoms with Crippen LogP contribution in [0.25, 0.3) is 0 Å². The summed E-state index contributed by atoms with van der Waals surface area (Å²) >= 11 is 3.29. The molecule has 1 aliphatic rings.